The SMILES string of the molecule is COc1cccc2c(=O)[nH]c(C3CCCC3)nc12. The number of nitrogens with zero attached hydrogens (tertiary/aromatic N) is 1. The van der Waals surface area contributed by atoms with Crippen LogP contribution in [-0.2, 0) is 0 Å². The molecule has 1 aromatic carbocycles. The van der Waals surface area contributed by atoms with Gasteiger partial charge in [-0.05, 0) is 25.0 Å². The third-order valence-corrected chi connectivity index (χ3v) is 3.68. The number of aromatic amines is 1. The lowest BCUT2D eigenvalue weighted by molar-refractivity contribution is 0.418. The number of H-pyrrole nitrogens is 1. The topological polar surface area (TPSA) is 55.0 Å². The van der Waals surface area contributed by atoms with Crippen LogP contribution >= 0.6 is 0 Å². The van der Waals surface area contributed by atoms with Crippen LogP contribution in [0, 0.1) is 0 Å². The summed E-state index contributed by atoms with van der Waals surface area (Å²) in [7, 11) is 1.60. The van der Waals surface area contributed by atoms with Gasteiger partial charge in [0.2, 0.25) is 0 Å². The summed E-state index contributed by atoms with van der Waals surface area (Å²) < 4.78 is 5.28. The van der Waals surface area contributed by atoms with Crippen molar-refractivity contribution in [3.8, 4) is 5.75 Å². The van der Waals surface area contributed by atoms with Gasteiger partial charge in [0.05, 0.1) is 12.5 Å². The van der Waals surface area contributed by atoms with Crippen molar-refractivity contribution < 1.29 is 4.74 Å². The Morgan fingerprint density at radius 1 is 1.33 bits per heavy atom. The van der Waals surface area contributed by atoms with E-state index in [2.05, 4.69) is 9.97 Å². The number of hydrogen-bond donors (Lipinski definition) is 1. The van der Waals surface area contributed by atoms with Gasteiger partial charge in [-0.25, -0.2) is 4.98 Å². The molecule has 0 atom stereocenters. The third kappa shape index (κ3) is 1.78. The standard InChI is InChI=1S/C14H16N2O2/c1-18-11-8-4-7-10-12(11)15-13(16-14(10)17)9-5-2-3-6-9/h4,7-9H,2-3,5-6H2,1H3,(H,15,16,17). The molecule has 0 aliphatic heterocycles. The fraction of sp³-hybridized carbons (Fsp3) is 0.429. The number of benzene rings is 1. The van der Waals surface area contributed by atoms with E-state index in [0.717, 1.165) is 18.7 Å². The molecule has 1 aromatic heterocycles. The van der Waals surface area contributed by atoms with E-state index < -0.39 is 0 Å². The first kappa shape index (κ1) is 11.3. The van der Waals surface area contributed by atoms with Crippen LogP contribution in [-0.4, -0.2) is 17.1 Å². The molecule has 94 valence electrons. The number of aromatic nitrogens is 2. The molecule has 1 fully saturated rings. The minimum atomic E-state index is -0.0687. The zero-order valence-electron chi connectivity index (χ0n) is 10.4. The fourth-order valence-corrected chi connectivity index (χ4v) is 2.71. The van der Waals surface area contributed by atoms with Crippen molar-refractivity contribution in [1.82, 2.24) is 9.97 Å². The maximum absolute atomic E-state index is 12.1. The minimum absolute atomic E-state index is 0.0687. The first-order valence-corrected chi connectivity index (χ1v) is 6.36. The van der Waals surface area contributed by atoms with E-state index in [1.165, 1.54) is 12.8 Å². The molecule has 0 spiro atoms. The Bertz CT molecular complexity index is 627. The summed E-state index contributed by atoms with van der Waals surface area (Å²) in [6, 6.07) is 5.43. The van der Waals surface area contributed by atoms with Crippen LogP contribution in [0.15, 0.2) is 23.0 Å². The molecule has 4 heteroatoms. The van der Waals surface area contributed by atoms with Gasteiger partial charge in [0.15, 0.2) is 0 Å². The van der Waals surface area contributed by atoms with E-state index in [1.54, 1.807) is 13.2 Å². The molecule has 0 unspecified atom stereocenters. The first-order chi connectivity index (χ1) is 8.79. The van der Waals surface area contributed by atoms with E-state index in [-0.39, 0.29) is 5.56 Å². The Hall–Kier alpha value is -1.84. The van der Waals surface area contributed by atoms with Crippen LogP contribution in [0.5, 0.6) is 5.75 Å². The second-order valence-electron chi connectivity index (χ2n) is 4.79. The van der Waals surface area contributed by atoms with Crippen LogP contribution in [0.1, 0.15) is 37.4 Å². The van der Waals surface area contributed by atoms with Crippen molar-refractivity contribution >= 4 is 10.9 Å². The molecule has 1 aliphatic carbocycles. The second kappa shape index (κ2) is 4.44. The number of ether oxygens (including phenoxy) is 1. The molecule has 4 nitrogen and oxygen atoms in total. The maximum atomic E-state index is 12.1. The number of para-hydroxylation sites is 1. The fourth-order valence-electron chi connectivity index (χ4n) is 2.71. The summed E-state index contributed by atoms with van der Waals surface area (Å²) in [6.07, 6.45) is 4.67. The molecule has 18 heavy (non-hydrogen) atoms. The molecule has 0 bridgehead atoms. The minimum Gasteiger partial charge on any atom is -0.494 e. The lowest BCUT2D eigenvalue weighted by Gasteiger charge is -2.10. The lowest BCUT2D eigenvalue weighted by atomic mass is 10.1. The van der Waals surface area contributed by atoms with Crippen LogP contribution in [0.2, 0.25) is 0 Å². The van der Waals surface area contributed by atoms with Gasteiger partial charge in [-0.1, -0.05) is 18.9 Å². The van der Waals surface area contributed by atoms with Crippen molar-refractivity contribution in [3.63, 3.8) is 0 Å². The van der Waals surface area contributed by atoms with E-state index >= 15 is 0 Å². The van der Waals surface area contributed by atoms with Gasteiger partial charge in [0.25, 0.3) is 5.56 Å². The van der Waals surface area contributed by atoms with Crippen molar-refractivity contribution in [1.29, 1.82) is 0 Å². The zero-order valence-corrected chi connectivity index (χ0v) is 10.4. The van der Waals surface area contributed by atoms with Crippen molar-refractivity contribution in [3.05, 3.63) is 34.4 Å². The van der Waals surface area contributed by atoms with E-state index in [9.17, 15) is 4.79 Å². The summed E-state index contributed by atoms with van der Waals surface area (Å²) in [5, 5.41) is 0.594. The molecule has 0 saturated heterocycles. The summed E-state index contributed by atoms with van der Waals surface area (Å²) in [5.41, 5.74) is 0.603. The maximum Gasteiger partial charge on any atom is 0.258 e. The Kier molecular flexibility index (Phi) is 2.78. The van der Waals surface area contributed by atoms with Crippen LogP contribution in [0.3, 0.4) is 0 Å². The normalized spacial score (nSPS) is 16.3. The molecule has 0 radical (unpaired) electrons. The molecule has 1 aliphatic rings. The van der Waals surface area contributed by atoms with Gasteiger partial charge >= 0.3 is 0 Å². The highest BCUT2D eigenvalue weighted by molar-refractivity contribution is 5.83. The Morgan fingerprint density at radius 2 is 2.11 bits per heavy atom. The van der Waals surface area contributed by atoms with Gasteiger partial charge in [0.1, 0.15) is 17.1 Å². The van der Waals surface area contributed by atoms with Crippen molar-refractivity contribution in [2.45, 2.75) is 31.6 Å². The number of fused-ring (bicyclic) bond motifs is 1. The van der Waals surface area contributed by atoms with Crippen LogP contribution < -0.4 is 10.3 Å². The van der Waals surface area contributed by atoms with Gasteiger partial charge in [-0.15, -0.1) is 0 Å². The average molecular weight is 244 g/mol. The third-order valence-electron chi connectivity index (χ3n) is 3.68. The molecule has 1 N–H and O–H groups in total. The number of nitrogens with one attached hydrogen (secondary N) is 1. The summed E-state index contributed by atoms with van der Waals surface area (Å²) in [6.45, 7) is 0. The lowest BCUT2D eigenvalue weighted by Crippen LogP contribution is -2.14. The second-order valence-corrected chi connectivity index (χ2v) is 4.79. The van der Waals surface area contributed by atoms with Crippen LogP contribution in [0.25, 0.3) is 10.9 Å². The van der Waals surface area contributed by atoms with Gasteiger partial charge < -0.3 is 9.72 Å². The monoisotopic (exact) mass is 244 g/mol. The Labute approximate surface area is 105 Å². The van der Waals surface area contributed by atoms with E-state index in [1.807, 2.05) is 12.1 Å². The van der Waals surface area contributed by atoms with Crippen LogP contribution in [0.4, 0.5) is 0 Å². The first-order valence-electron chi connectivity index (χ1n) is 6.36. The summed E-state index contributed by atoms with van der Waals surface area (Å²) >= 11 is 0. The zero-order chi connectivity index (χ0) is 12.5. The predicted octanol–water partition coefficient (Wildman–Crippen LogP) is 2.59. The van der Waals surface area contributed by atoms with Crippen molar-refractivity contribution in [2.24, 2.45) is 0 Å². The highest BCUT2D eigenvalue weighted by Crippen LogP contribution is 2.32. The average Bonchev–Trinajstić information content (AvgIpc) is 2.92. The van der Waals surface area contributed by atoms with Crippen molar-refractivity contribution in [2.75, 3.05) is 7.11 Å². The molecular formula is C14H16N2O2. The molecule has 2 aromatic rings. The highest BCUT2D eigenvalue weighted by atomic mass is 16.5. The molecule has 1 saturated carbocycles. The quantitative estimate of drug-likeness (QED) is 0.883. The Balaban J connectivity index is 2.21. The van der Waals surface area contributed by atoms with Gasteiger partial charge in [-0.2, -0.15) is 0 Å². The smallest absolute Gasteiger partial charge is 0.258 e. The summed E-state index contributed by atoms with van der Waals surface area (Å²) in [5.74, 6) is 1.87. The molecular weight excluding hydrogens is 228 g/mol. The molecule has 3 rings (SSSR count). The molecule has 0 amide bonds. The number of methoxy groups -OCH3 is 1. The Morgan fingerprint density at radius 3 is 2.83 bits per heavy atom. The van der Waals surface area contributed by atoms with Gasteiger partial charge in [-0.3, -0.25) is 4.79 Å². The number of hydrogen-bond acceptors (Lipinski definition) is 3. The number of rotatable bonds is 2. The van der Waals surface area contributed by atoms with E-state index in [4.69, 9.17) is 4.74 Å². The molecule has 1 heterocycles. The predicted molar refractivity (Wildman–Crippen MR) is 70.1 cm³/mol. The largest absolute Gasteiger partial charge is 0.494 e. The van der Waals surface area contributed by atoms with E-state index in [0.29, 0.717) is 22.6 Å². The van der Waals surface area contributed by atoms with Gasteiger partial charge in [0, 0.05) is 5.92 Å². The summed E-state index contributed by atoms with van der Waals surface area (Å²) in [4.78, 5) is 19.6. The highest BCUT2D eigenvalue weighted by Gasteiger charge is 2.20.